The molecule has 4 aliphatic rings. The lowest BCUT2D eigenvalue weighted by Crippen LogP contribution is -2.05. The standard InChI is InChI=1S/C28H23NO4/c1-4-29-19-9-10-22-16(2)11-20(33-25(22)14-19)15-21-13-18(12-17(3)32-21)26-27(30)23-7-5-6-8-24(23)28(26)31/h5-15,30H,4H2,1-3H3/b21-15-,29-19?. The number of nitrogens with zero attached hydrogens (tertiary/aromatic N) is 1. The minimum absolute atomic E-state index is 0.00871. The van der Waals surface area contributed by atoms with Gasteiger partial charge in [-0.1, -0.05) is 24.3 Å². The Bertz CT molecular complexity index is 1460. The van der Waals surface area contributed by atoms with Crippen LogP contribution in [0.2, 0.25) is 0 Å². The number of carbonyl (C=O) groups is 1. The van der Waals surface area contributed by atoms with Gasteiger partial charge in [0.25, 0.3) is 0 Å². The lowest BCUT2D eigenvalue weighted by molar-refractivity contribution is 0.104. The predicted octanol–water partition coefficient (Wildman–Crippen LogP) is 5.98. The summed E-state index contributed by atoms with van der Waals surface area (Å²) in [6.07, 6.45) is 5.30. The second kappa shape index (κ2) is 8.10. The van der Waals surface area contributed by atoms with Crippen LogP contribution in [0.5, 0.6) is 0 Å². The lowest BCUT2D eigenvalue weighted by atomic mass is 9.99. The molecular formula is C28H23NO4. The molecule has 1 N–H and O–H groups in total. The van der Waals surface area contributed by atoms with Gasteiger partial charge in [-0.2, -0.15) is 0 Å². The molecular weight excluding hydrogens is 414 g/mol. The summed E-state index contributed by atoms with van der Waals surface area (Å²) in [5.74, 6) is 2.29. The molecule has 1 aromatic carbocycles. The number of aliphatic hydroxyl groups is 1. The van der Waals surface area contributed by atoms with Gasteiger partial charge in [0.2, 0.25) is 0 Å². The number of rotatable bonds is 3. The number of ether oxygens (including phenoxy) is 1. The molecule has 5 rings (SSSR count). The Kier molecular flexibility index (Phi) is 5.09. The van der Waals surface area contributed by atoms with E-state index in [1.807, 2.05) is 45.0 Å². The third-order valence-electron chi connectivity index (χ3n) is 5.72. The van der Waals surface area contributed by atoms with Gasteiger partial charge in [-0.15, -0.1) is 0 Å². The van der Waals surface area contributed by atoms with Crippen LogP contribution in [0.25, 0.3) is 23.2 Å². The first kappa shape index (κ1) is 20.8. The second-order valence-corrected chi connectivity index (χ2v) is 8.09. The van der Waals surface area contributed by atoms with Crippen molar-refractivity contribution in [2.75, 3.05) is 6.54 Å². The van der Waals surface area contributed by atoms with Gasteiger partial charge in [0.1, 0.15) is 28.8 Å². The van der Waals surface area contributed by atoms with Gasteiger partial charge in [0, 0.05) is 35.4 Å². The van der Waals surface area contributed by atoms with E-state index in [0.717, 1.165) is 22.2 Å². The zero-order chi connectivity index (χ0) is 23.1. The van der Waals surface area contributed by atoms with Crippen molar-refractivity contribution in [3.05, 3.63) is 111 Å². The van der Waals surface area contributed by atoms with Gasteiger partial charge in [0.15, 0.2) is 5.78 Å². The molecule has 0 saturated heterocycles. The number of ketones is 1. The van der Waals surface area contributed by atoms with Gasteiger partial charge in [-0.25, -0.2) is 0 Å². The number of aryl methyl sites for hydroxylation is 1. The van der Waals surface area contributed by atoms with Crippen molar-refractivity contribution in [3.63, 3.8) is 0 Å². The van der Waals surface area contributed by atoms with Crippen LogP contribution in [-0.2, 0) is 4.74 Å². The summed E-state index contributed by atoms with van der Waals surface area (Å²) in [4.78, 5) is 17.4. The molecule has 2 aliphatic heterocycles. The number of carbonyl (C=O) groups excluding carboxylic acids is 1. The fourth-order valence-corrected chi connectivity index (χ4v) is 4.27. The molecule has 2 aliphatic carbocycles. The quantitative estimate of drug-likeness (QED) is 0.547. The van der Waals surface area contributed by atoms with Crippen LogP contribution in [0.4, 0.5) is 0 Å². The van der Waals surface area contributed by atoms with Crippen LogP contribution in [0, 0.1) is 6.92 Å². The Morgan fingerprint density at radius 3 is 2.55 bits per heavy atom. The summed E-state index contributed by atoms with van der Waals surface area (Å²) in [5.41, 5.74) is 4.03. The van der Waals surface area contributed by atoms with Gasteiger partial charge in [-0.05, 0) is 62.3 Å². The maximum absolute atomic E-state index is 13.0. The highest BCUT2D eigenvalue weighted by Crippen LogP contribution is 2.38. The Morgan fingerprint density at radius 2 is 1.79 bits per heavy atom. The average molecular weight is 437 g/mol. The van der Waals surface area contributed by atoms with Crippen LogP contribution < -0.4 is 5.36 Å². The molecule has 33 heavy (non-hydrogen) atoms. The first-order chi connectivity index (χ1) is 15.9. The number of allylic oxidation sites excluding steroid dienone is 5. The summed E-state index contributed by atoms with van der Waals surface area (Å²) >= 11 is 0. The van der Waals surface area contributed by atoms with Crippen LogP contribution in [0.3, 0.4) is 0 Å². The molecule has 0 aromatic heterocycles. The Labute approximate surface area is 191 Å². The molecule has 1 aromatic rings. The molecule has 5 nitrogen and oxygen atoms in total. The van der Waals surface area contributed by atoms with Gasteiger partial charge < -0.3 is 14.3 Å². The van der Waals surface area contributed by atoms with E-state index in [-0.39, 0.29) is 17.1 Å². The van der Waals surface area contributed by atoms with E-state index in [1.54, 1.807) is 42.5 Å². The van der Waals surface area contributed by atoms with E-state index in [1.165, 1.54) is 0 Å². The van der Waals surface area contributed by atoms with Gasteiger partial charge in [-0.3, -0.25) is 9.79 Å². The monoisotopic (exact) mass is 437 g/mol. The zero-order valence-corrected chi connectivity index (χ0v) is 18.7. The smallest absolute Gasteiger partial charge is 0.198 e. The van der Waals surface area contributed by atoms with E-state index in [9.17, 15) is 9.90 Å². The van der Waals surface area contributed by atoms with Crippen molar-refractivity contribution in [3.8, 4) is 11.3 Å². The maximum atomic E-state index is 13.0. The molecule has 0 atom stereocenters. The molecule has 0 radical (unpaired) electrons. The average Bonchev–Trinajstić information content (AvgIpc) is 3.04. The van der Waals surface area contributed by atoms with E-state index < -0.39 is 0 Å². The van der Waals surface area contributed by atoms with Crippen molar-refractivity contribution in [2.45, 2.75) is 20.8 Å². The predicted molar refractivity (Wildman–Crippen MR) is 127 cm³/mol. The molecule has 5 heteroatoms. The van der Waals surface area contributed by atoms with Gasteiger partial charge in [0.05, 0.1) is 10.9 Å². The third-order valence-corrected chi connectivity index (χ3v) is 5.72. The molecule has 0 saturated carbocycles. The molecule has 0 unspecified atom stereocenters. The molecule has 2 heterocycles. The van der Waals surface area contributed by atoms with Crippen LogP contribution in [0.15, 0.2) is 92.8 Å². The Morgan fingerprint density at radius 1 is 1.00 bits per heavy atom. The van der Waals surface area contributed by atoms with Crippen molar-refractivity contribution >= 4 is 17.6 Å². The number of benzene rings is 2. The number of Topliss-reactive ketones (excluding diaryl/α,β-unsaturated/α-hetero) is 1. The van der Waals surface area contributed by atoms with Crippen molar-refractivity contribution in [2.24, 2.45) is 4.99 Å². The summed E-state index contributed by atoms with van der Waals surface area (Å²) in [5, 5.41) is 11.6. The van der Waals surface area contributed by atoms with Crippen molar-refractivity contribution in [1.29, 1.82) is 0 Å². The fourth-order valence-electron chi connectivity index (χ4n) is 4.27. The normalized spacial score (nSPS) is 17.4. The number of hydrogen-bond acceptors (Lipinski definition) is 5. The Hall–Kier alpha value is -4.12. The number of hydrogen-bond donors (Lipinski definition) is 1. The minimum atomic E-state index is -0.196. The molecule has 0 fully saturated rings. The van der Waals surface area contributed by atoms with Gasteiger partial charge >= 0.3 is 0 Å². The number of fused-ring (bicyclic) bond motifs is 2. The summed E-state index contributed by atoms with van der Waals surface area (Å²) in [6.45, 7) is 6.54. The van der Waals surface area contributed by atoms with Crippen LogP contribution in [0.1, 0.15) is 41.1 Å². The summed E-state index contributed by atoms with van der Waals surface area (Å²) in [6, 6.07) is 14.9. The highest BCUT2D eigenvalue weighted by molar-refractivity contribution is 6.22. The highest BCUT2D eigenvalue weighted by atomic mass is 16.5. The topological polar surface area (TPSA) is 72.0 Å². The summed E-state index contributed by atoms with van der Waals surface area (Å²) in [7, 11) is 0. The lowest BCUT2D eigenvalue weighted by Gasteiger charge is -2.16. The first-order valence-corrected chi connectivity index (χ1v) is 10.9. The zero-order valence-electron chi connectivity index (χ0n) is 18.7. The van der Waals surface area contributed by atoms with E-state index >= 15 is 0 Å². The summed E-state index contributed by atoms with van der Waals surface area (Å²) < 4.78 is 12.0. The molecule has 164 valence electrons. The minimum Gasteiger partial charge on any atom is -0.507 e. The third kappa shape index (κ3) is 3.72. The largest absolute Gasteiger partial charge is 0.507 e. The number of aliphatic hydroxyl groups excluding tert-OH is 1. The highest BCUT2D eigenvalue weighted by Gasteiger charge is 2.32. The fraction of sp³-hybridized carbons (Fsp3) is 0.143. The van der Waals surface area contributed by atoms with Crippen LogP contribution in [-0.4, -0.2) is 17.4 Å². The van der Waals surface area contributed by atoms with E-state index in [2.05, 4.69) is 4.99 Å². The first-order valence-electron chi connectivity index (χ1n) is 10.9. The second-order valence-electron chi connectivity index (χ2n) is 8.09. The molecule has 0 bridgehead atoms. The van der Waals surface area contributed by atoms with E-state index in [4.69, 9.17) is 9.15 Å². The maximum Gasteiger partial charge on any atom is 0.198 e. The van der Waals surface area contributed by atoms with Crippen LogP contribution >= 0.6 is 0 Å². The molecule has 0 amide bonds. The SMILES string of the molecule is CCN=c1ccc2c(C)cc(/C=C3/C=C(C4=C(O)c5ccccc5C4=O)C=C(C)O3)oc-2c1. The van der Waals surface area contributed by atoms with Crippen molar-refractivity contribution in [1.82, 2.24) is 0 Å². The van der Waals surface area contributed by atoms with Crippen molar-refractivity contribution < 1.29 is 19.1 Å². The molecule has 0 spiro atoms. The van der Waals surface area contributed by atoms with E-state index in [0.29, 0.717) is 40.5 Å². The Balaban J connectivity index is 1.58.